The number of hydrogen-bond acceptors (Lipinski definition) is 3. The highest BCUT2D eigenvalue weighted by Gasteiger charge is 2.41. The molecule has 150 valence electrons. The summed E-state index contributed by atoms with van der Waals surface area (Å²) in [5.74, 6) is -0.568. The third-order valence-electron chi connectivity index (χ3n) is 4.60. The summed E-state index contributed by atoms with van der Waals surface area (Å²) in [7, 11) is 0. The van der Waals surface area contributed by atoms with Crippen molar-refractivity contribution in [2.24, 2.45) is 5.92 Å². The fourth-order valence-electron chi connectivity index (χ4n) is 3.40. The molecule has 0 aromatic carbocycles. The lowest BCUT2D eigenvalue weighted by Crippen LogP contribution is -2.46. The van der Waals surface area contributed by atoms with Crippen molar-refractivity contribution in [3.63, 3.8) is 0 Å². The van der Waals surface area contributed by atoms with Crippen molar-refractivity contribution in [3.8, 4) is 0 Å². The molecule has 0 bridgehead atoms. The summed E-state index contributed by atoms with van der Waals surface area (Å²) in [6.07, 6.45) is 16.7. The van der Waals surface area contributed by atoms with Crippen LogP contribution in [-0.2, 0) is 14.2 Å². The predicted molar refractivity (Wildman–Crippen MR) is 108 cm³/mol. The minimum atomic E-state index is -0.863. The highest BCUT2D eigenvalue weighted by atomic mass is 16.9. The molecule has 0 amide bonds. The number of rotatable bonds is 18. The van der Waals surface area contributed by atoms with Gasteiger partial charge in [0.15, 0.2) is 0 Å². The van der Waals surface area contributed by atoms with E-state index in [1.807, 2.05) is 20.8 Å². The highest BCUT2D eigenvalue weighted by molar-refractivity contribution is 4.79. The maximum atomic E-state index is 6.06. The topological polar surface area (TPSA) is 27.7 Å². The lowest BCUT2D eigenvalue weighted by atomic mass is 9.92. The van der Waals surface area contributed by atoms with Gasteiger partial charge in [0.05, 0.1) is 0 Å². The van der Waals surface area contributed by atoms with Gasteiger partial charge in [-0.2, -0.15) is 0 Å². The largest absolute Gasteiger partial charge is 0.328 e. The van der Waals surface area contributed by atoms with E-state index < -0.39 is 5.97 Å². The molecule has 0 fully saturated rings. The molecule has 0 aliphatic carbocycles. The molecule has 1 atom stereocenters. The molecule has 0 saturated carbocycles. The number of allylic oxidation sites excluding steroid dienone is 2. The summed E-state index contributed by atoms with van der Waals surface area (Å²) in [5, 5.41) is 0. The number of unbranched alkanes of at least 4 members (excludes halogenated alkanes) is 6. The Labute approximate surface area is 157 Å². The van der Waals surface area contributed by atoms with Crippen molar-refractivity contribution in [3.05, 3.63) is 12.2 Å². The Morgan fingerprint density at radius 2 is 1.24 bits per heavy atom. The van der Waals surface area contributed by atoms with Crippen LogP contribution in [0.15, 0.2) is 12.2 Å². The molecule has 0 radical (unpaired) electrons. The van der Waals surface area contributed by atoms with Crippen molar-refractivity contribution in [1.82, 2.24) is 0 Å². The van der Waals surface area contributed by atoms with Crippen molar-refractivity contribution >= 4 is 0 Å². The van der Waals surface area contributed by atoms with E-state index in [9.17, 15) is 0 Å². The van der Waals surface area contributed by atoms with Crippen LogP contribution in [0.4, 0.5) is 0 Å². The lowest BCUT2D eigenvalue weighted by Gasteiger charge is -2.39. The number of ether oxygens (including phenoxy) is 3. The second-order valence-electron chi connectivity index (χ2n) is 6.66. The van der Waals surface area contributed by atoms with Crippen LogP contribution in [-0.4, -0.2) is 25.8 Å². The lowest BCUT2D eigenvalue weighted by molar-refractivity contribution is -0.403. The molecule has 0 aromatic rings. The zero-order valence-electron chi connectivity index (χ0n) is 17.6. The van der Waals surface area contributed by atoms with Gasteiger partial charge in [-0.25, -0.2) is 0 Å². The Morgan fingerprint density at radius 1 is 0.720 bits per heavy atom. The van der Waals surface area contributed by atoms with Gasteiger partial charge >= 0.3 is 0 Å². The minimum absolute atomic E-state index is 0.295. The molecule has 0 heterocycles. The summed E-state index contributed by atoms with van der Waals surface area (Å²) in [4.78, 5) is 0. The molecule has 0 rings (SSSR count). The van der Waals surface area contributed by atoms with E-state index >= 15 is 0 Å². The molecular weight excluding hydrogens is 312 g/mol. The van der Waals surface area contributed by atoms with Crippen LogP contribution < -0.4 is 0 Å². The van der Waals surface area contributed by atoms with Crippen LogP contribution in [0.3, 0.4) is 0 Å². The maximum Gasteiger partial charge on any atom is 0.285 e. The average Bonchev–Trinajstić information content (AvgIpc) is 2.60. The van der Waals surface area contributed by atoms with Crippen LogP contribution in [0, 0.1) is 5.92 Å². The summed E-state index contributed by atoms with van der Waals surface area (Å²) < 4.78 is 18.2. The second-order valence-corrected chi connectivity index (χ2v) is 6.66. The Morgan fingerprint density at radius 3 is 1.76 bits per heavy atom. The van der Waals surface area contributed by atoms with E-state index in [0.29, 0.717) is 25.7 Å². The zero-order valence-corrected chi connectivity index (χ0v) is 17.6. The van der Waals surface area contributed by atoms with Crippen LogP contribution in [0.25, 0.3) is 0 Å². The molecule has 0 saturated heterocycles. The first-order valence-corrected chi connectivity index (χ1v) is 10.7. The van der Waals surface area contributed by atoms with E-state index in [1.54, 1.807) is 0 Å². The monoisotopic (exact) mass is 356 g/mol. The van der Waals surface area contributed by atoms with Crippen LogP contribution in [0.1, 0.15) is 98.8 Å². The Bertz CT molecular complexity index is 285. The third-order valence-corrected chi connectivity index (χ3v) is 4.60. The Balaban J connectivity index is 4.81. The van der Waals surface area contributed by atoms with Crippen LogP contribution in [0.5, 0.6) is 0 Å². The van der Waals surface area contributed by atoms with Crippen LogP contribution in [0.2, 0.25) is 0 Å². The van der Waals surface area contributed by atoms with E-state index in [-0.39, 0.29) is 0 Å². The smallest absolute Gasteiger partial charge is 0.285 e. The summed E-state index contributed by atoms with van der Waals surface area (Å²) in [6, 6.07) is 0. The van der Waals surface area contributed by atoms with Gasteiger partial charge in [-0.3, -0.25) is 0 Å². The molecule has 0 aliphatic heterocycles. The Hall–Kier alpha value is -0.380. The zero-order chi connectivity index (χ0) is 18.8. The van der Waals surface area contributed by atoms with E-state index in [1.165, 1.54) is 38.5 Å². The van der Waals surface area contributed by atoms with Gasteiger partial charge in [0.25, 0.3) is 5.97 Å². The van der Waals surface area contributed by atoms with Gasteiger partial charge in [-0.15, -0.1) is 0 Å². The molecule has 3 nitrogen and oxygen atoms in total. The average molecular weight is 357 g/mol. The van der Waals surface area contributed by atoms with Gasteiger partial charge in [-0.05, 0) is 53.4 Å². The van der Waals surface area contributed by atoms with E-state index in [0.717, 1.165) is 25.7 Å². The fourth-order valence-corrected chi connectivity index (χ4v) is 3.40. The van der Waals surface area contributed by atoms with E-state index in [2.05, 4.69) is 26.0 Å². The first kappa shape index (κ1) is 24.6. The van der Waals surface area contributed by atoms with E-state index in [4.69, 9.17) is 14.2 Å². The maximum absolute atomic E-state index is 6.06. The standard InChI is InChI=1S/C22H44O3/c1-6-11-13-15-16-18-20-21(19-17-14-12-7-2)22(23-8-3,24-9-4)25-10-5/h7,12,21H,6,8-11,13-20H2,1-5H3. The van der Waals surface area contributed by atoms with Crippen molar-refractivity contribution in [1.29, 1.82) is 0 Å². The SMILES string of the molecule is CC=CCCCC(CCCCCCCC)C(OCC)(OCC)OCC. The highest BCUT2D eigenvalue weighted by Crippen LogP contribution is 2.34. The van der Waals surface area contributed by atoms with Crippen LogP contribution >= 0.6 is 0 Å². The summed E-state index contributed by atoms with van der Waals surface area (Å²) in [5.41, 5.74) is 0. The molecule has 0 aliphatic rings. The van der Waals surface area contributed by atoms with Gasteiger partial charge in [-0.1, -0.05) is 57.6 Å². The predicted octanol–water partition coefficient (Wildman–Crippen LogP) is 6.86. The molecule has 1 unspecified atom stereocenters. The second kappa shape index (κ2) is 17.1. The van der Waals surface area contributed by atoms with Crippen molar-refractivity contribution in [2.45, 2.75) is 105 Å². The quantitative estimate of drug-likeness (QED) is 0.152. The van der Waals surface area contributed by atoms with Gasteiger partial charge < -0.3 is 14.2 Å². The first-order chi connectivity index (χ1) is 12.2. The Kier molecular flexibility index (Phi) is 16.8. The van der Waals surface area contributed by atoms with Gasteiger partial charge in [0.1, 0.15) is 0 Å². The summed E-state index contributed by atoms with van der Waals surface area (Å²) in [6.45, 7) is 12.3. The molecule has 0 N–H and O–H groups in total. The van der Waals surface area contributed by atoms with Crippen molar-refractivity contribution < 1.29 is 14.2 Å². The van der Waals surface area contributed by atoms with Gasteiger partial charge in [0.2, 0.25) is 0 Å². The van der Waals surface area contributed by atoms with Gasteiger partial charge in [0, 0.05) is 25.7 Å². The molecule has 25 heavy (non-hydrogen) atoms. The summed E-state index contributed by atoms with van der Waals surface area (Å²) >= 11 is 0. The molecule has 3 heteroatoms. The number of hydrogen-bond donors (Lipinski definition) is 0. The molecular formula is C22H44O3. The fraction of sp³-hybridized carbons (Fsp3) is 0.909. The molecule has 0 aromatic heterocycles. The normalized spacial score (nSPS) is 13.6. The minimum Gasteiger partial charge on any atom is -0.328 e. The first-order valence-electron chi connectivity index (χ1n) is 10.7. The van der Waals surface area contributed by atoms with Crippen molar-refractivity contribution in [2.75, 3.05) is 19.8 Å². The third kappa shape index (κ3) is 11.0. The molecule has 0 spiro atoms.